The van der Waals surface area contributed by atoms with Gasteiger partial charge in [-0.3, -0.25) is 0 Å². The van der Waals surface area contributed by atoms with Gasteiger partial charge in [0.05, 0.1) is 6.10 Å². The Labute approximate surface area is 96.3 Å². The number of rotatable bonds is 4. The van der Waals surface area contributed by atoms with Crippen molar-refractivity contribution >= 4 is 0 Å². The van der Waals surface area contributed by atoms with Crippen molar-refractivity contribution in [2.45, 2.75) is 45.3 Å². The number of hydrogen-bond acceptors (Lipinski definition) is 2. The van der Waals surface area contributed by atoms with Gasteiger partial charge in [-0.15, -0.1) is 0 Å². The zero-order chi connectivity index (χ0) is 12.3. The van der Waals surface area contributed by atoms with Gasteiger partial charge in [-0.2, -0.15) is 0 Å². The molecule has 3 heteroatoms. The van der Waals surface area contributed by atoms with E-state index in [1.165, 1.54) is 6.07 Å². The van der Waals surface area contributed by atoms with Gasteiger partial charge in [0.2, 0.25) is 0 Å². The molecule has 0 amide bonds. The molecular formula is C13H20FNO. The average Bonchev–Trinajstić information content (AvgIpc) is 2.21. The van der Waals surface area contributed by atoms with E-state index in [1.807, 2.05) is 13.0 Å². The predicted molar refractivity (Wildman–Crippen MR) is 63.8 cm³/mol. The molecule has 1 aromatic carbocycles. The maximum Gasteiger partial charge on any atom is 0.126 e. The molecule has 0 spiro atoms. The lowest BCUT2D eigenvalue weighted by Gasteiger charge is -2.19. The first kappa shape index (κ1) is 13.1. The molecule has 1 rings (SSSR count). The third-order valence-corrected chi connectivity index (χ3v) is 2.95. The molecule has 0 aliphatic heterocycles. The second-order valence-electron chi connectivity index (χ2n) is 4.57. The fourth-order valence-corrected chi connectivity index (χ4v) is 1.69. The molecule has 16 heavy (non-hydrogen) atoms. The Morgan fingerprint density at radius 1 is 1.38 bits per heavy atom. The van der Waals surface area contributed by atoms with Gasteiger partial charge in [0.1, 0.15) is 5.82 Å². The van der Waals surface area contributed by atoms with Gasteiger partial charge in [0, 0.05) is 6.04 Å². The predicted octanol–water partition coefficient (Wildman–Crippen LogP) is 2.34. The van der Waals surface area contributed by atoms with Gasteiger partial charge >= 0.3 is 0 Å². The Morgan fingerprint density at radius 3 is 2.50 bits per heavy atom. The zero-order valence-corrected chi connectivity index (χ0v) is 10.1. The summed E-state index contributed by atoms with van der Waals surface area (Å²) >= 11 is 0. The Kier molecular flexibility index (Phi) is 4.44. The van der Waals surface area contributed by atoms with E-state index in [0.717, 1.165) is 5.56 Å². The van der Waals surface area contributed by atoms with Crippen LogP contribution in [-0.2, 0) is 0 Å². The largest absolute Gasteiger partial charge is 0.392 e. The minimum absolute atomic E-state index is 0.181. The Morgan fingerprint density at radius 2 is 2.00 bits per heavy atom. The van der Waals surface area contributed by atoms with E-state index in [-0.39, 0.29) is 17.8 Å². The standard InChI is InChI=1S/C13H20FNO/c1-8(7-13(16)10(3)15)11-4-5-12(14)9(2)6-11/h4-6,8,10,13,16H,7,15H2,1-3H3. The van der Waals surface area contributed by atoms with E-state index in [9.17, 15) is 9.50 Å². The topological polar surface area (TPSA) is 46.2 Å². The van der Waals surface area contributed by atoms with Crippen molar-refractivity contribution in [1.82, 2.24) is 0 Å². The normalized spacial score (nSPS) is 16.9. The molecule has 0 aromatic heterocycles. The van der Waals surface area contributed by atoms with Crippen LogP contribution < -0.4 is 5.73 Å². The number of aliphatic hydroxyl groups excluding tert-OH is 1. The first-order valence-corrected chi connectivity index (χ1v) is 5.61. The zero-order valence-electron chi connectivity index (χ0n) is 10.1. The smallest absolute Gasteiger partial charge is 0.126 e. The van der Waals surface area contributed by atoms with Crippen molar-refractivity contribution in [2.24, 2.45) is 5.73 Å². The van der Waals surface area contributed by atoms with E-state index in [4.69, 9.17) is 5.73 Å². The third kappa shape index (κ3) is 3.29. The molecule has 0 radical (unpaired) electrons. The number of aliphatic hydroxyl groups is 1. The van der Waals surface area contributed by atoms with Crippen molar-refractivity contribution in [1.29, 1.82) is 0 Å². The first-order chi connectivity index (χ1) is 7.41. The fraction of sp³-hybridized carbons (Fsp3) is 0.538. The highest BCUT2D eigenvalue weighted by Crippen LogP contribution is 2.23. The number of aryl methyl sites for hydroxylation is 1. The van der Waals surface area contributed by atoms with Crippen molar-refractivity contribution < 1.29 is 9.50 Å². The quantitative estimate of drug-likeness (QED) is 0.826. The first-order valence-electron chi connectivity index (χ1n) is 5.61. The van der Waals surface area contributed by atoms with Gasteiger partial charge in [-0.1, -0.05) is 19.1 Å². The van der Waals surface area contributed by atoms with Crippen LogP contribution in [-0.4, -0.2) is 17.3 Å². The minimum Gasteiger partial charge on any atom is -0.392 e. The summed E-state index contributed by atoms with van der Waals surface area (Å²) in [6, 6.07) is 4.83. The van der Waals surface area contributed by atoms with Gasteiger partial charge in [0.25, 0.3) is 0 Å². The Balaban J connectivity index is 2.73. The molecule has 90 valence electrons. The highest BCUT2D eigenvalue weighted by Gasteiger charge is 2.15. The molecule has 3 atom stereocenters. The SMILES string of the molecule is Cc1cc(C(C)CC(O)C(C)N)ccc1F. The molecule has 0 bridgehead atoms. The van der Waals surface area contributed by atoms with Crippen LogP contribution in [0.2, 0.25) is 0 Å². The highest BCUT2D eigenvalue weighted by atomic mass is 19.1. The van der Waals surface area contributed by atoms with Crippen LogP contribution >= 0.6 is 0 Å². The average molecular weight is 225 g/mol. The van der Waals surface area contributed by atoms with E-state index < -0.39 is 6.10 Å². The van der Waals surface area contributed by atoms with Crippen LogP contribution in [0.4, 0.5) is 4.39 Å². The molecule has 0 saturated carbocycles. The lowest BCUT2D eigenvalue weighted by molar-refractivity contribution is 0.134. The highest BCUT2D eigenvalue weighted by molar-refractivity contribution is 5.26. The van der Waals surface area contributed by atoms with Crippen molar-refractivity contribution in [3.8, 4) is 0 Å². The van der Waals surface area contributed by atoms with Crippen molar-refractivity contribution in [3.63, 3.8) is 0 Å². The number of hydrogen-bond donors (Lipinski definition) is 2. The summed E-state index contributed by atoms with van der Waals surface area (Å²) in [6.07, 6.45) is 0.0864. The summed E-state index contributed by atoms with van der Waals surface area (Å²) < 4.78 is 13.1. The molecule has 0 aliphatic carbocycles. The van der Waals surface area contributed by atoms with Crippen molar-refractivity contribution in [2.75, 3.05) is 0 Å². The summed E-state index contributed by atoms with van der Waals surface area (Å²) in [7, 11) is 0. The van der Waals surface area contributed by atoms with Crippen LogP contribution in [0.15, 0.2) is 18.2 Å². The van der Waals surface area contributed by atoms with E-state index in [2.05, 4.69) is 0 Å². The Bertz CT molecular complexity index is 352. The van der Waals surface area contributed by atoms with Gasteiger partial charge < -0.3 is 10.8 Å². The van der Waals surface area contributed by atoms with E-state index in [1.54, 1.807) is 19.9 Å². The van der Waals surface area contributed by atoms with Gasteiger partial charge in [-0.05, 0) is 43.4 Å². The summed E-state index contributed by atoms with van der Waals surface area (Å²) in [5, 5.41) is 9.68. The monoisotopic (exact) mass is 225 g/mol. The lowest BCUT2D eigenvalue weighted by Crippen LogP contribution is -2.32. The Hall–Kier alpha value is -0.930. The second kappa shape index (κ2) is 5.41. The number of halogens is 1. The molecule has 0 fully saturated rings. The maximum atomic E-state index is 13.1. The van der Waals surface area contributed by atoms with Crippen LogP contribution in [0.3, 0.4) is 0 Å². The van der Waals surface area contributed by atoms with E-state index in [0.29, 0.717) is 12.0 Å². The number of benzene rings is 1. The molecule has 3 unspecified atom stereocenters. The molecule has 0 saturated heterocycles. The molecule has 0 aliphatic rings. The maximum absolute atomic E-state index is 13.1. The molecule has 0 heterocycles. The molecule has 1 aromatic rings. The summed E-state index contributed by atoms with van der Waals surface area (Å²) in [5.74, 6) is -0.0102. The van der Waals surface area contributed by atoms with Crippen LogP contribution in [0.25, 0.3) is 0 Å². The third-order valence-electron chi connectivity index (χ3n) is 2.95. The van der Waals surface area contributed by atoms with Crippen LogP contribution in [0, 0.1) is 12.7 Å². The molecular weight excluding hydrogens is 205 g/mol. The summed E-state index contributed by atoms with van der Waals surface area (Å²) in [5.41, 5.74) is 7.29. The molecule has 2 nitrogen and oxygen atoms in total. The summed E-state index contributed by atoms with van der Waals surface area (Å²) in [4.78, 5) is 0. The van der Waals surface area contributed by atoms with Crippen molar-refractivity contribution in [3.05, 3.63) is 35.1 Å². The number of nitrogens with two attached hydrogens (primary N) is 1. The lowest BCUT2D eigenvalue weighted by atomic mass is 9.92. The minimum atomic E-state index is -0.514. The molecule has 3 N–H and O–H groups in total. The van der Waals surface area contributed by atoms with E-state index >= 15 is 0 Å². The fourth-order valence-electron chi connectivity index (χ4n) is 1.69. The van der Waals surface area contributed by atoms with Gasteiger partial charge in [0.15, 0.2) is 0 Å². The van der Waals surface area contributed by atoms with Crippen LogP contribution in [0.5, 0.6) is 0 Å². The van der Waals surface area contributed by atoms with Crippen LogP contribution in [0.1, 0.15) is 37.3 Å². The second-order valence-corrected chi connectivity index (χ2v) is 4.57. The van der Waals surface area contributed by atoms with Gasteiger partial charge in [-0.25, -0.2) is 4.39 Å². The summed E-state index contributed by atoms with van der Waals surface area (Å²) in [6.45, 7) is 5.54.